The monoisotopic (exact) mass is 857 g/mol. The molecule has 320 valence electrons. The first-order valence-corrected chi connectivity index (χ1v) is 20.6. The number of hydrogen-bond acceptors (Lipinski definition) is 9. The van der Waals surface area contributed by atoms with Crippen molar-refractivity contribution >= 4 is 75.3 Å². The van der Waals surface area contributed by atoms with Crippen molar-refractivity contribution in [2.45, 2.75) is 70.1 Å². The van der Waals surface area contributed by atoms with E-state index < -0.39 is 34.8 Å². The van der Waals surface area contributed by atoms with Crippen molar-refractivity contribution in [1.29, 1.82) is 5.26 Å². The Labute approximate surface area is 356 Å². The Morgan fingerprint density at radius 3 is 2.25 bits per heavy atom. The highest BCUT2D eigenvalue weighted by Crippen LogP contribution is 2.41. The van der Waals surface area contributed by atoms with Gasteiger partial charge >= 0.3 is 12.2 Å². The summed E-state index contributed by atoms with van der Waals surface area (Å²) in [5, 5.41) is 19.6. The van der Waals surface area contributed by atoms with E-state index in [2.05, 4.69) is 30.9 Å². The lowest BCUT2D eigenvalue weighted by molar-refractivity contribution is -0.137. The molecule has 0 bridgehead atoms. The van der Waals surface area contributed by atoms with Gasteiger partial charge in [-0.1, -0.05) is 0 Å². The molecular weight excluding hydrogens is 812 g/mol. The minimum Gasteiger partial charge on any atom is -0.483 e. The zero-order valence-corrected chi connectivity index (χ0v) is 34.6. The Hall–Kier alpha value is -6.06. The smallest absolute Gasteiger partial charge is 0.417 e. The highest BCUT2D eigenvalue weighted by molar-refractivity contribution is 7.81. The number of amides is 4. The van der Waals surface area contributed by atoms with Crippen LogP contribution < -0.4 is 24.9 Å². The maximum Gasteiger partial charge on any atom is 0.417 e. The van der Waals surface area contributed by atoms with Gasteiger partial charge in [-0.2, -0.15) is 18.4 Å². The molecule has 4 aliphatic heterocycles. The van der Waals surface area contributed by atoms with Gasteiger partial charge in [0.05, 0.1) is 46.5 Å². The molecule has 0 saturated carbocycles. The fraction of sp³-hybridized carbons (Fsp3) is 0.419. The molecule has 18 heteroatoms. The van der Waals surface area contributed by atoms with Crippen LogP contribution in [0.15, 0.2) is 67.1 Å². The van der Waals surface area contributed by atoms with Crippen LogP contribution in [0.1, 0.15) is 69.5 Å². The van der Waals surface area contributed by atoms with Crippen LogP contribution in [0.2, 0.25) is 0 Å². The number of likely N-dealkylation sites (tertiary alicyclic amines) is 1. The van der Waals surface area contributed by atoms with Gasteiger partial charge in [-0.05, 0) is 119 Å². The highest BCUT2D eigenvalue weighted by Gasteiger charge is 2.51. The highest BCUT2D eigenvalue weighted by atomic mass is 32.1. The average Bonchev–Trinajstić information content (AvgIpc) is 3.75. The summed E-state index contributed by atoms with van der Waals surface area (Å²) >= 11 is 5.71. The summed E-state index contributed by atoms with van der Waals surface area (Å²) in [5.41, 5.74) is 0.614. The molecule has 2 aromatic carbocycles. The average molecular weight is 858 g/mol. The molecule has 4 amide bonds. The number of alkyl halides is 3. The number of fused-ring (bicyclic) bond motifs is 1. The SMILES string of the molecule is CC1(C)C(=O)N(c2ccc(C#N)c(C(F)(F)F)c2)C(=S)N1c1ccc(N2CCC(CCN3CCC(n4ccc5c(N6CCC(=O)NC6=O)cncc54)CC3)CC2)cc1.O=CO. The van der Waals surface area contributed by atoms with Gasteiger partial charge in [0.25, 0.3) is 12.4 Å². The number of benzene rings is 2. The van der Waals surface area contributed by atoms with Gasteiger partial charge in [-0.25, -0.2) is 4.79 Å². The minimum atomic E-state index is -4.77. The van der Waals surface area contributed by atoms with Crippen LogP contribution >= 0.6 is 12.2 Å². The topological polar surface area (TPSA) is 158 Å². The van der Waals surface area contributed by atoms with E-state index in [1.807, 2.05) is 36.5 Å². The molecule has 0 spiro atoms. The van der Waals surface area contributed by atoms with Gasteiger partial charge in [0.15, 0.2) is 5.11 Å². The van der Waals surface area contributed by atoms with Crippen LogP contribution in [0.25, 0.3) is 10.9 Å². The first-order chi connectivity index (χ1) is 29.2. The lowest BCUT2D eigenvalue weighted by atomic mass is 9.92. The fourth-order valence-electron chi connectivity index (χ4n) is 8.93. The van der Waals surface area contributed by atoms with Gasteiger partial charge in [0.2, 0.25) is 5.91 Å². The van der Waals surface area contributed by atoms with E-state index in [9.17, 15) is 32.8 Å². The first-order valence-electron chi connectivity index (χ1n) is 20.2. The summed E-state index contributed by atoms with van der Waals surface area (Å²) in [6, 6.07) is 14.6. The van der Waals surface area contributed by atoms with E-state index in [0.29, 0.717) is 24.2 Å². The Morgan fingerprint density at radius 1 is 0.951 bits per heavy atom. The fourth-order valence-corrected chi connectivity index (χ4v) is 9.45. The lowest BCUT2D eigenvalue weighted by Gasteiger charge is -2.37. The van der Waals surface area contributed by atoms with Crippen molar-refractivity contribution in [3.63, 3.8) is 0 Å². The maximum atomic E-state index is 13.8. The van der Waals surface area contributed by atoms with E-state index in [0.717, 1.165) is 104 Å². The summed E-state index contributed by atoms with van der Waals surface area (Å²) in [6.07, 6.45) is 6.53. The van der Waals surface area contributed by atoms with E-state index >= 15 is 0 Å². The van der Waals surface area contributed by atoms with E-state index in [1.54, 1.807) is 35.9 Å². The van der Waals surface area contributed by atoms with Crippen LogP contribution in [-0.4, -0.2) is 93.8 Å². The Bertz CT molecular complexity index is 2360. The predicted octanol–water partition coefficient (Wildman–Crippen LogP) is 6.93. The summed E-state index contributed by atoms with van der Waals surface area (Å²) in [5.74, 6) is -0.0854. The number of carbonyl (C=O) groups is 4. The zero-order chi connectivity index (χ0) is 43.6. The third-order valence-corrected chi connectivity index (χ3v) is 12.6. The summed E-state index contributed by atoms with van der Waals surface area (Å²) < 4.78 is 43.5. The van der Waals surface area contributed by atoms with Gasteiger partial charge < -0.3 is 24.4 Å². The molecule has 4 aliphatic rings. The summed E-state index contributed by atoms with van der Waals surface area (Å²) in [4.78, 5) is 60.0. The number of thiocarbonyl (C=S) groups is 1. The number of pyridine rings is 1. The molecule has 0 atom stereocenters. The normalized spacial score (nSPS) is 19.2. The van der Waals surface area contributed by atoms with Crippen molar-refractivity contribution in [1.82, 2.24) is 19.8 Å². The second kappa shape index (κ2) is 17.5. The molecular formula is C43H46F3N9O5S. The number of piperidine rings is 2. The van der Waals surface area contributed by atoms with Gasteiger partial charge in [-0.3, -0.25) is 34.5 Å². The molecule has 6 heterocycles. The van der Waals surface area contributed by atoms with Crippen molar-refractivity contribution in [2.75, 3.05) is 58.9 Å². The van der Waals surface area contributed by atoms with E-state index in [-0.39, 0.29) is 29.6 Å². The van der Waals surface area contributed by atoms with Crippen LogP contribution in [0.5, 0.6) is 0 Å². The van der Waals surface area contributed by atoms with Gasteiger partial charge in [0.1, 0.15) is 5.54 Å². The number of anilines is 4. The lowest BCUT2D eigenvalue weighted by Crippen LogP contribution is -2.49. The molecule has 4 fully saturated rings. The molecule has 61 heavy (non-hydrogen) atoms. The second-order valence-corrected chi connectivity index (χ2v) is 16.5. The second-order valence-electron chi connectivity index (χ2n) is 16.1. The van der Waals surface area contributed by atoms with Crippen molar-refractivity contribution in [3.05, 3.63) is 78.2 Å². The molecule has 14 nitrogen and oxygen atoms in total. The van der Waals surface area contributed by atoms with Crippen LogP contribution in [0.3, 0.4) is 0 Å². The molecule has 0 radical (unpaired) electrons. The van der Waals surface area contributed by atoms with Crippen LogP contribution in [-0.2, 0) is 20.6 Å². The minimum absolute atomic E-state index is 0.0357. The molecule has 2 aromatic heterocycles. The number of urea groups is 1. The number of carboxylic acid groups (broad SMARTS) is 1. The number of rotatable bonds is 8. The van der Waals surface area contributed by atoms with Crippen molar-refractivity contribution in [2.24, 2.45) is 5.92 Å². The number of carbonyl (C=O) groups excluding carboxylic acids is 3. The Balaban J connectivity index is 0.00000182. The quantitative estimate of drug-likeness (QED) is 0.140. The third-order valence-electron chi connectivity index (χ3n) is 12.2. The summed E-state index contributed by atoms with van der Waals surface area (Å²) in [7, 11) is 0. The molecule has 4 saturated heterocycles. The van der Waals surface area contributed by atoms with Gasteiger partial charge in [-0.15, -0.1) is 0 Å². The van der Waals surface area contributed by atoms with Crippen molar-refractivity contribution < 1.29 is 37.5 Å². The number of imide groups is 1. The Kier molecular flexibility index (Phi) is 12.3. The maximum absolute atomic E-state index is 13.8. The molecule has 8 rings (SSSR count). The van der Waals surface area contributed by atoms with Crippen molar-refractivity contribution in [3.8, 4) is 6.07 Å². The number of nitrogens with zero attached hydrogens (tertiary/aromatic N) is 8. The standard InChI is InChI=1S/C42H44F3N9O3S.CH2O2/c1-41(2)38(56)53(32-4-3-28(24-46)34(23-32)42(43,44)45)40(58)54(41)31-7-5-29(6-8-31)50-19-10-27(11-20-50)9-16-49-17-12-30(13-18-49)51-21-14-33-35(51)25-47-26-36(33)52-22-15-37(55)48-39(52)57;2-1-3/h3-8,14,21,23,25-27,30H,9-13,15-20,22H2,1-2H3,(H,48,55,57);1H,(H,2,3). The predicted molar refractivity (Wildman–Crippen MR) is 227 cm³/mol. The molecule has 2 N–H and O–H groups in total. The molecule has 4 aromatic rings. The molecule has 0 aliphatic carbocycles. The first kappa shape index (κ1) is 43.0. The summed E-state index contributed by atoms with van der Waals surface area (Å²) in [6.45, 7) is 8.43. The number of halogens is 3. The van der Waals surface area contributed by atoms with E-state index in [4.69, 9.17) is 22.1 Å². The number of nitrogens with one attached hydrogen (secondary N) is 1. The molecule has 0 unspecified atom stereocenters. The van der Waals surface area contributed by atoms with Crippen LogP contribution in [0.4, 0.5) is 40.7 Å². The zero-order valence-electron chi connectivity index (χ0n) is 33.8. The Morgan fingerprint density at radius 2 is 1.61 bits per heavy atom. The number of aromatic nitrogens is 2. The van der Waals surface area contributed by atoms with E-state index in [1.165, 1.54) is 6.07 Å². The third kappa shape index (κ3) is 8.62. The van der Waals surface area contributed by atoms with Gasteiger partial charge in [0, 0.05) is 68.1 Å². The van der Waals surface area contributed by atoms with Crippen LogP contribution in [0, 0.1) is 17.2 Å². The number of nitriles is 1. The number of hydrogen-bond donors (Lipinski definition) is 2. The largest absolute Gasteiger partial charge is 0.483 e.